The molecular weight excluding hydrogens is 457 g/mol. The molecule has 0 aromatic heterocycles. The zero-order chi connectivity index (χ0) is 24.9. The van der Waals surface area contributed by atoms with Gasteiger partial charge in [-0.15, -0.1) is 13.2 Å². The Labute approximate surface area is 192 Å². The Kier molecular flexibility index (Phi) is 7.65. The minimum absolute atomic E-state index is 0.106. The van der Waals surface area contributed by atoms with E-state index in [2.05, 4.69) is 10.1 Å². The fraction of sp³-hybridized carbons (Fsp3) is 0.200. The molecule has 3 rings (SSSR count). The summed E-state index contributed by atoms with van der Waals surface area (Å²) in [5, 5.41) is 2.72. The van der Waals surface area contributed by atoms with Crippen LogP contribution >= 0.6 is 0 Å². The second kappa shape index (κ2) is 10.5. The van der Waals surface area contributed by atoms with Crippen LogP contribution in [0.2, 0.25) is 0 Å². The van der Waals surface area contributed by atoms with Crippen molar-refractivity contribution in [2.75, 3.05) is 0 Å². The van der Waals surface area contributed by atoms with Crippen molar-refractivity contribution in [3.63, 3.8) is 0 Å². The molecule has 0 aliphatic carbocycles. The van der Waals surface area contributed by atoms with Gasteiger partial charge < -0.3 is 10.1 Å². The molecule has 3 aromatic carbocycles. The van der Waals surface area contributed by atoms with Crippen molar-refractivity contribution in [3.8, 4) is 16.9 Å². The lowest BCUT2D eigenvalue weighted by molar-refractivity contribution is -0.274. The average molecular weight is 477 g/mol. The highest BCUT2D eigenvalue weighted by molar-refractivity contribution is 5.96. The van der Waals surface area contributed by atoms with Crippen molar-refractivity contribution in [1.29, 1.82) is 0 Å². The minimum atomic E-state index is -4.78. The van der Waals surface area contributed by atoms with Crippen LogP contribution in [0, 0.1) is 11.6 Å². The molecule has 1 unspecified atom stereocenters. The van der Waals surface area contributed by atoms with Gasteiger partial charge in [0.15, 0.2) is 5.78 Å². The summed E-state index contributed by atoms with van der Waals surface area (Å²) in [5.41, 5.74) is 1.38. The summed E-state index contributed by atoms with van der Waals surface area (Å²) >= 11 is 0. The molecule has 0 aliphatic heterocycles. The highest BCUT2D eigenvalue weighted by Crippen LogP contribution is 2.28. The zero-order valence-corrected chi connectivity index (χ0v) is 18.0. The summed E-state index contributed by atoms with van der Waals surface area (Å²) in [7, 11) is 0. The Balaban J connectivity index is 1.73. The number of Topliss-reactive ketones (excluding diaryl/α,β-unsaturated/α-hetero) is 1. The van der Waals surface area contributed by atoms with Gasteiger partial charge in [-0.2, -0.15) is 0 Å². The normalized spacial score (nSPS) is 12.2. The van der Waals surface area contributed by atoms with Crippen molar-refractivity contribution in [2.24, 2.45) is 0 Å². The molecular formula is C25H20F5NO3. The van der Waals surface area contributed by atoms with E-state index in [-0.39, 0.29) is 24.5 Å². The smallest absolute Gasteiger partial charge is 0.406 e. The second-order valence-corrected chi connectivity index (χ2v) is 7.51. The van der Waals surface area contributed by atoms with E-state index in [4.69, 9.17) is 0 Å². The number of nitrogens with one attached hydrogen (secondary N) is 1. The summed E-state index contributed by atoms with van der Waals surface area (Å²) < 4.78 is 68.6. The topological polar surface area (TPSA) is 55.4 Å². The summed E-state index contributed by atoms with van der Waals surface area (Å²) in [6.07, 6.45) is -4.87. The summed E-state index contributed by atoms with van der Waals surface area (Å²) in [6, 6.07) is 14.7. The SMILES string of the molecule is CC(=O)NC(CCC(=O)c1c(F)cccc1F)c1ccc(-c2ccc(OC(F)(F)F)cc2)cc1. The van der Waals surface area contributed by atoms with Crippen LogP contribution in [0.4, 0.5) is 22.0 Å². The van der Waals surface area contributed by atoms with Crippen molar-refractivity contribution in [1.82, 2.24) is 5.32 Å². The van der Waals surface area contributed by atoms with Gasteiger partial charge in [-0.25, -0.2) is 8.78 Å². The Morgan fingerprint density at radius 1 is 0.882 bits per heavy atom. The maximum atomic E-state index is 13.9. The molecule has 4 nitrogen and oxygen atoms in total. The number of amides is 1. The van der Waals surface area contributed by atoms with E-state index in [9.17, 15) is 31.5 Å². The molecule has 3 aromatic rings. The number of carbonyl (C=O) groups is 2. The van der Waals surface area contributed by atoms with Gasteiger partial charge in [0, 0.05) is 13.3 Å². The van der Waals surface area contributed by atoms with Crippen LogP contribution in [-0.4, -0.2) is 18.1 Å². The lowest BCUT2D eigenvalue weighted by Crippen LogP contribution is -2.26. The van der Waals surface area contributed by atoms with E-state index in [1.54, 1.807) is 24.3 Å². The molecule has 34 heavy (non-hydrogen) atoms. The first-order valence-electron chi connectivity index (χ1n) is 10.2. The highest BCUT2D eigenvalue weighted by atomic mass is 19.4. The number of halogens is 5. The average Bonchev–Trinajstić information content (AvgIpc) is 2.76. The molecule has 1 amide bonds. The second-order valence-electron chi connectivity index (χ2n) is 7.51. The van der Waals surface area contributed by atoms with E-state index in [0.29, 0.717) is 16.7 Å². The first kappa shape index (κ1) is 24.9. The monoisotopic (exact) mass is 477 g/mol. The minimum Gasteiger partial charge on any atom is -0.406 e. The number of ketones is 1. The molecule has 0 saturated heterocycles. The number of rotatable bonds is 8. The summed E-state index contributed by atoms with van der Waals surface area (Å²) in [6.45, 7) is 1.31. The van der Waals surface area contributed by atoms with Crippen LogP contribution in [0.15, 0.2) is 66.7 Å². The Hall–Kier alpha value is -3.75. The quantitative estimate of drug-likeness (QED) is 0.303. The van der Waals surface area contributed by atoms with E-state index >= 15 is 0 Å². The van der Waals surface area contributed by atoms with Crippen molar-refractivity contribution in [3.05, 3.63) is 89.5 Å². The predicted molar refractivity (Wildman–Crippen MR) is 115 cm³/mol. The first-order valence-corrected chi connectivity index (χ1v) is 10.2. The lowest BCUT2D eigenvalue weighted by Gasteiger charge is -2.19. The summed E-state index contributed by atoms with van der Waals surface area (Å²) in [5.74, 6) is -3.30. The number of carbonyl (C=O) groups excluding carboxylic acids is 2. The molecule has 1 N–H and O–H groups in total. The van der Waals surface area contributed by atoms with Crippen molar-refractivity contribution in [2.45, 2.75) is 32.2 Å². The Morgan fingerprint density at radius 3 is 1.91 bits per heavy atom. The van der Waals surface area contributed by atoms with Crippen LogP contribution in [0.25, 0.3) is 11.1 Å². The molecule has 1 atom stereocenters. The maximum absolute atomic E-state index is 13.9. The molecule has 0 saturated carbocycles. The van der Waals surface area contributed by atoms with Crippen LogP contribution in [0.1, 0.15) is 41.7 Å². The molecule has 0 aliphatic rings. The van der Waals surface area contributed by atoms with Gasteiger partial charge in [-0.3, -0.25) is 9.59 Å². The van der Waals surface area contributed by atoms with Crippen molar-refractivity contribution >= 4 is 11.7 Å². The Bertz CT molecular complexity index is 1140. The third kappa shape index (κ3) is 6.63. The number of hydrogen-bond acceptors (Lipinski definition) is 3. The molecule has 9 heteroatoms. The third-order valence-corrected chi connectivity index (χ3v) is 5.01. The maximum Gasteiger partial charge on any atom is 0.573 e. The van der Waals surface area contributed by atoms with Gasteiger partial charge in [0.1, 0.15) is 17.4 Å². The largest absolute Gasteiger partial charge is 0.573 e. The van der Waals surface area contributed by atoms with Gasteiger partial charge in [0.05, 0.1) is 11.6 Å². The molecule has 0 radical (unpaired) electrons. The van der Waals surface area contributed by atoms with Gasteiger partial charge in [0.2, 0.25) is 5.91 Å². The van der Waals surface area contributed by atoms with Crippen LogP contribution < -0.4 is 10.1 Å². The molecule has 0 bridgehead atoms. The predicted octanol–water partition coefficient (Wildman–Crippen LogP) is 6.37. The van der Waals surface area contributed by atoms with Crippen molar-refractivity contribution < 1.29 is 36.3 Å². The number of ether oxygens (including phenoxy) is 1. The van der Waals surface area contributed by atoms with Gasteiger partial charge in [-0.1, -0.05) is 42.5 Å². The standard InChI is InChI=1S/C25H20F5NO3/c1-15(32)31-22(13-14-23(33)24-20(26)3-2-4-21(24)27)18-7-5-16(6-8-18)17-9-11-19(12-10-17)34-25(28,29)30/h2-12,22H,13-14H2,1H3,(H,31,32). The first-order chi connectivity index (χ1) is 16.0. The summed E-state index contributed by atoms with van der Waals surface area (Å²) in [4.78, 5) is 24.0. The van der Waals surface area contributed by atoms with E-state index in [0.717, 1.165) is 12.1 Å². The van der Waals surface area contributed by atoms with Gasteiger partial charge >= 0.3 is 6.36 Å². The van der Waals surface area contributed by atoms with E-state index in [1.807, 2.05) is 0 Å². The van der Waals surface area contributed by atoms with Crippen LogP contribution in [0.5, 0.6) is 5.75 Å². The molecule has 0 heterocycles. The van der Waals surface area contributed by atoms with Gasteiger partial charge in [0.25, 0.3) is 0 Å². The fourth-order valence-corrected chi connectivity index (χ4v) is 3.49. The Morgan fingerprint density at radius 2 is 1.41 bits per heavy atom. The lowest BCUT2D eigenvalue weighted by atomic mass is 9.95. The number of alkyl halides is 3. The van der Waals surface area contributed by atoms with Crippen LogP contribution in [0.3, 0.4) is 0 Å². The molecule has 178 valence electrons. The molecule has 0 fully saturated rings. The van der Waals surface area contributed by atoms with Crippen LogP contribution in [-0.2, 0) is 4.79 Å². The van der Waals surface area contributed by atoms with Gasteiger partial charge in [-0.05, 0) is 47.4 Å². The third-order valence-electron chi connectivity index (χ3n) is 5.01. The zero-order valence-electron chi connectivity index (χ0n) is 18.0. The fourth-order valence-electron chi connectivity index (χ4n) is 3.49. The van der Waals surface area contributed by atoms with E-state index in [1.165, 1.54) is 37.3 Å². The number of hydrogen-bond donors (Lipinski definition) is 1. The molecule has 0 spiro atoms. The number of benzene rings is 3. The van der Waals surface area contributed by atoms with E-state index < -0.39 is 35.4 Å². The highest BCUT2D eigenvalue weighted by Gasteiger charge is 2.31.